The first-order chi connectivity index (χ1) is 15.4. The van der Waals surface area contributed by atoms with Gasteiger partial charge in [-0.2, -0.15) is 5.10 Å². The average Bonchev–Trinajstić information content (AvgIpc) is 3.03. The van der Waals surface area contributed by atoms with Crippen molar-refractivity contribution in [1.82, 2.24) is 9.78 Å². The van der Waals surface area contributed by atoms with E-state index in [9.17, 15) is 25.0 Å². The number of aryl methyl sites for hydroxylation is 1. The standard InChI is InChI=1S/C21H19ClN4O6S/c1-12-18(33-17-8-6-5-7-16(17)26(30)31)19(24(23-12)21(2,3)4)32-20(27)14-11-13(22)9-10-15(14)25(28)29/h5-11H,1-4H3. The Kier molecular flexibility index (Phi) is 6.75. The Bertz CT molecular complexity index is 1270. The summed E-state index contributed by atoms with van der Waals surface area (Å²) >= 11 is 6.97. The number of nitrogens with zero attached hydrogens (tertiary/aromatic N) is 4. The van der Waals surface area contributed by atoms with E-state index in [-0.39, 0.29) is 22.2 Å². The number of nitro groups is 2. The highest BCUT2D eigenvalue weighted by Gasteiger charge is 2.31. The summed E-state index contributed by atoms with van der Waals surface area (Å²) in [6.07, 6.45) is 0. The van der Waals surface area contributed by atoms with Crippen LogP contribution in [-0.4, -0.2) is 25.6 Å². The lowest BCUT2D eigenvalue weighted by molar-refractivity contribution is -0.387. The summed E-state index contributed by atoms with van der Waals surface area (Å²) in [5, 5.41) is 27.4. The van der Waals surface area contributed by atoms with Crippen LogP contribution in [0, 0.1) is 27.2 Å². The Balaban J connectivity index is 2.12. The minimum absolute atomic E-state index is 0.0161. The van der Waals surface area contributed by atoms with Crippen molar-refractivity contribution in [2.24, 2.45) is 0 Å². The van der Waals surface area contributed by atoms with Crippen molar-refractivity contribution in [2.75, 3.05) is 0 Å². The second kappa shape index (κ2) is 9.20. The van der Waals surface area contributed by atoms with E-state index in [4.69, 9.17) is 16.3 Å². The quantitative estimate of drug-likeness (QED) is 0.241. The molecule has 1 aromatic heterocycles. The molecule has 33 heavy (non-hydrogen) atoms. The SMILES string of the molecule is Cc1nn(C(C)(C)C)c(OC(=O)c2cc(Cl)ccc2[N+](=O)[O-])c1Sc1ccccc1[N+](=O)[O-]. The number of esters is 1. The molecule has 0 unspecified atom stereocenters. The number of halogens is 1. The molecular weight excluding hydrogens is 472 g/mol. The fourth-order valence-electron chi connectivity index (χ4n) is 2.93. The van der Waals surface area contributed by atoms with Crippen LogP contribution in [-0.2, 0) is 5.54 Å². The van der Waals surface area contributed by atoms with Crippen LogP contribution in [0.5, 0.6) is 5.88 Å². The van der Waals surface area contributed by atoms with Gasteiger partial charge in [0.05, 0.1) is 30.9 Å². The van der Waals surface area contributed by atoms with Crippen LogP contribution < -0.4 is 4.74 Å². The topological polar surface area (TPSA) is 130 Å². The predicted octanol–water partition coefficient (Wildman–Crippen LogP) is 5.79. The van der Waals surface area contributed by atoms with Gasteiger partial charge in [0.15, 0.2) is 0 Å². The second-order valence-electron chi connectivity index (χ2n) is 7.94. The van der Waals surface area contributed by atoms with E-state index in [0.717, 1.165) is 23.9 Å². The lowest BCUT2D eigenvalue weighted by atomic mass is 10.1. The number of rotatable bonds is 6. The number of nitro benzene ring substituents is 2. The van der Waals surface area contributed by atoms with Gasteiger partial charge in [0, 0.05) is 17.2 Å². The van der Waals surface area contributed by atoms with Crippen LogP contribution >= 0.6 is 23.4 Å². The van der Waals surface area contributed by atoms with Gasteiger partial charge in [-0.3, -0.25) is 20.2 Å². The minimum Gasteiger partial charge on any atom is -0.403 e. The van der Waals surface area contributed by atoms with E-state index in [1.165, 1.54) is 16.8 Å². The van der Waals surface area contributed by atoms with E-state index < -0.39 is 27.0 Å². The molecule has 0 aliphatic carbocycles. The molecule has 2 aromatic carbocycles. The number of carbonyl (C=O) groups excluding carboxylic acids is 1. The third kappa shape index (κ3) is 5.15. The minimum atomic E-state index is -1.00. The molecule has 1 heterocycles. The highest BCUT2D eigenvalue weighted by atomic mass is 35.5. The fourth-order valence-corrected chi connectivity index (χ4v) is 4.12. The molecule has 0 saturated carbocycles. The van der Waals surface area contributed by atoms with Gasteiger partial charge in [0.1, 0.15) is 5.56 Å². The van der Waals surface area contributed by atoms with E-state index in [1.54, 1.807) is 25.1 Å². The van der Waals surface area contributed by atoms with Crippen molar-refractivity contribution in [3.63, 3.8) is 0 Å². The lowest BCUT2D eigenvalue weighted by Crippen LogP contribution is -2.25. The number of aromatic nitrogens is 2. The molecule has 0 saturated heterocycles. The molecule has 3 aromatic rings. The third-order valence-electron chi connectivity index (χ3n) is 4.44. The smallest absolute Gasteiger partial charge is 0.351 e. The molecule has 0 atom stereocenters. The Morgan fingerprint density at radius 3 is 2.33 bits per heavy atom. The number of benzene rings is 2. The summed E-state index contributed by atoms with van der Waals surface area (Å²) < 4.78 is 7.10. The molecule has 0 fully saturated rings. The van der Waals surface area contributed by atoms with Crippen molar-refractivity contribution in [3.05, 3.63) is 79.0 Å². The summed E-state index contributed by atoms with van der Waals surface area (Å²) in [7, 11) is 0. The molecule has 12 heteroatoms. The van der Waals surface area contributed by atoms with E-state index >= 15 is 0 Å². The van der Waals surface area contributed by atoms with Crippen LogP contribution in [0.3, 0.4) is 0 Å². The van der Waals surface area contributed by atoms with Gasteiger partial charge < -0.3 is 4.74 Å². The summed E-state index contributed by atoms with van der Waals surface area (Å²) in [6.45, 7) is 7.17. The van der Waals surface area contributed by atoms with Crippen molar-refractivity contribution < 1.29 is 19.4 Å². The first kappa shape index (κ1) is 24.2. The van der Waals surface area contributed by atoms with Crippen LogP contribution in [0.1, 0.15) is 36.8 Å². The van der Waals surface area contributed by atoms with Gasteiger partial charge >= 0.3 is 5.97 Å². The van der Waals surface area contributed by atoms with Gasteiger partial charge in [-0.1, -0.05) is 35.5 Å². The summed E-state index contributed by atoms with van der Waals surface area (Å²) in [5.41, 5.74) is -1.07. The summed E-state index contributed by atoms with van der Waals surface area (Å²) in [4.78, 5) is 35.4. The van der Waals surface area contributed by atoms with E-state index in [1.807, 2.05) is 20.8 Å². The van der Waals surface area contributed by atoms with Crippen molar-refractivity contribution in [3.8, 4) is 5.88 Å². The van der Waals surface area contributed by atoms with E-state index in [0.29, 0.717) is 15.5 Å². The van der Waals surface area contributed by atoms with Gasteiger partial charge in [-0.15, -0.1) is 0 Å². The zero-order chi connectivity index (χ0) is 24.5. The maximum atomic E-state index is 13.0. The predicted molar refractivity (Wildman–Crippen MR) is 122 cm³/mol. The summed E-state index contributed by atoms with van der Waals surface area (Å²) in [5.74, 6) is -0.985. The number of ether oxygens (including phenoxy) is 1. The molecule has 0 aliphatic heterocycles. The van der Waals surface area contributed by atoms with Crippen molar-refractivity contribution >= 4 is 40.7 Å². The largest absolute Gasteiger partial charge is 0.403 e. The lowest BCUT2D eigenvalue weighted by Gasteiger charge is -2.22. The molecule has 3 rings (SSSR count). The van der Waals surface area contributed by atoms with Crippen LogP contribution in [0.2, 0.25) is 5.02 Å². The first-order valence-corrected chi connectivity index (χ1v) is 10.8. The van der Waals surface area contributed by atoms with Gasteiger partial charge in [-0.25, -0.2) is 9.48 Å². The molecule has 0 aliphatic rings. The molecule has 0 spiro atoms. The zero-order valence-electron chi connectivity index (χ0n) is 18.1. The molecule has 0 bridgehead atoms. The third-order valence-corrected chi connectivity index (χ3v) is 5.91. The van der Waals surface area contributed by atoms with Gasteiger partial charge in [-0.05, 0) is 45.9 Å². The second-order valence-corrected chi connectivity index (χ2v) is 9.43. The van der Waals surface area contributed by atoms with Gasteiger partial charge in [0.2, 0.25) is 5.88 Å². The fraction of sp³-hybridized carbons (Fsp3) is 0.238. The highest BCUT2D eigenvalue weighted by Crippen LogP contribution is 2.43. The average molecular weight is 491 g/mol. The van der Waals surface area contributed by atoms with Crippen LogP contribution in [0.15, 0.2) is 52.3 Å². The molecule has 0 N–H and O–H groups in total. The van der Waals surface area contributed by atoms with Crippen molar-refractivity contribution in [2.45, 2.75) is 43.0 Å². The maximum absolute atomic E-state index is 13.0. The number of carbonyl (C=O) groups is 1. The Morgan fingerprint density at radius 1 is 1.09 bits per heavy atom. The molecule has 172 valence electrons. The van der Waals surface area contributed by atoms with Crippen molar-refractivity contribution in [1.29, 1.82) is 0 Å². The first-order valence-electron chi connectivity index (χ1n) is 9.57. The normalized spacial score (nSPS) is 11.3. The van der Waals surface area contributed by atoms with Crippen LogP contribution in [0.25, 0.3) is 0 Å². The number of hydrogen-bond donors (Lipinski definition) is 0. The Labute approximate surface area is 197 Å². The monoisotopic (exact) mass is 490 g/mol. The van der Waals surface area contributed by atoms with Crippen LogP contribution in [0.4, 0.5) is 11.4 Å². The number of hydrogen-bond acceptors (Lipinski definition) is 8. The highest BCUT2D eigenvalue weighted by molar-refractivity contribution is 7.99. The van der Waals surface area contributed by atoms with E-state index in [2.05, 4.69) is 5.10 Å². The zero-order valence-corrected chi connectivity index (χ0v) is 19.6. The Morgan fingerprint density at radius 2 is 1.73 bits per heavy atom. The maximum Gasteiger partial charge on any atom is 0.351 e. The van der Waals surface area contributed by atoms with Gasteiger partial charge in [0.25, 0.3) is 11.4 Å². The molecular formula is C21H19ClN4O6S. The Hall–Kier alpha value is -3.44. The molecule has 0 radical (unpaired) electrons. The summed E-state index contributed by atoms with van der Waals surface area (Å²) in [6, 6.07) is 9.72. The molecule has 10 nitrogen and oxygen atoms in total. The number of para-hydroxylation sites is 1. The molecule has 0 amide bonds.